The van der Waals surface area contributed by atoms with Crippen molar-refractivity contribution in [3.8, 4) is 0 Å². The average Bonchev–Trinajstić information content (AvgIpc) is 2.63. The molecule has 0 saturated carbocycles. The van der Waals surface area contributed by atoms with E-state index in [1.807, 2.05) is 0 Å². The summed E-state index contributed by atoms with van der Waals surface area (Å²) in [5, 5.41) is 0. The van der Waals surface area contributed by atoms with Crippen molar-refractivity contribution in [2.24, 2.45) is 0 Å². The first-order valence-electron chi connectivity index (χ1n) is 12.2. The van der Waals surface area contributed by atoms with Crippen molar-refractivity contribution in [2.45, 2.75) is 155 Å². The summed E-state index contributed by atoms with van der Waals surface area (Å²) < 4.78 is 0. The Labute approximate surface area is 161 Å². The van der Waals surface area contributed by atoms with Crippen LogP contribution in [0.4, 0.5) is 0 Å². The Morgan fingerprint density at radius 2 is 0.560 bits per heavy atom. The molecular formula is C25H51. The summed E-state index contributed by atoms with van der Waals surface area (Å²) in [5.74, 6) is 0. The zero-order valence-corrected chi connectivity index (χ0v) is 18.1. The highest BCUT2D eigenvalue weighted by molar-refractivity contribution is 4.64. The topological polar surface area (TPSA) is 0 Å². The van der Waals surface area contributed by atoms with Crippen LogP contribution in [0.3, 0.4) is 0 Å². The SMILES string of the molecule is CCCCCCCCCC[CH]CCCCCCCCCCCCCC. The van der Waals surface area contributed by atoms with E-state index in [1.165, 1.54) is 141 Å². The second-order valence-electron chi connectivity index (χ2n) is 8.23. The van der Waals surface area contributed by atoms with Gasteiger partial charge in [-0.2, -0.15) is 0 Å². The molecule has 0 aliphatic carbocycles. The molecule has 0 fully saturated rings. The van der Waals surface area contributed by atoms with Gasteiger partial charge in [-0.05, 0) is 6.42 Å². The lowest BCUT2D eigenvalue weighted by Crippen LogP contribution is -1.85. The van der Waals surface area contributed by atoms with Crippen molar-refractivity contribution in [2.75, 3.05) is 0 Å². The van der Waals surface area contributed by atoms with E-state index in [1.54, 1.807) is 0 Å². The fraction of sp³-hybridized carbons (Fsp3) is 0.960. The molecule has 0 aromatic heterocycles. The summed E-state index contributed by atoms with van der Waals surface area (Å²) in [6, 6.07) is 0. The van der Waals surface area contributed by atoms with Gasteiger partial charge in [-0.15, -0.1) is 0 Å². The molecule has 0 aliphatic rings. The molecule has 25 heavy (non-hydrogen) atoms. The number of hydrogen-bond donors (Lipinski definition) is 0. The maximum absolute atomic E-state index is 2.56. The first-order chi connectivity index (χ1) is 12.4. The van der Waals surface area contributed by atoms with Gasteiger partial charge in [0.25, 0.3) is 0 Å². The molecule has 0 aromatic carbocycles. The number of hydrogen-bond acceptors (Lipinski definition) is 0. The molecule has 0 atom stereocenters. The van der Waals surface area contributed by atoms with Crippen LogP contribution < -0.4 is 0 Å². The summed E-state index contributed by atoms with van der Waals surface area (Å²) in [6.07, 6.45) is 34.4. The molecule has 0 aromatic rings. The molecule has 0 N–H and O–H groups in total. The molecule has 0 saturated heterocycles. The summed E-state index contributed by atoms with van der Waals surface area (Å²) in [6.45, 7) is 4.60. The molecule has 0 heterocycles. The largest absolute Gasteiger partial charge is 0.0654 e. The van der Waals surface area contributed by atoms with Crippen LogP contribution in [0, 0.1) is 6.42 Å². The van der Waals surface area contributed by atoms with Gasteiger partial charge in [0.15, 0.2) is 0 Å². The Hall–Kier alpha value is 0. The summed E-state index contributed by atoms with van der Waals surface area (Å²) >= 11 is 0. The van der Waals surface area contributed by atoms with Gasteiger partial charge in [0.05, 0.1) is 0 Å². The third-order valence-corrected chi connectivity index (χ3v) is 5.52. The summed E-state index contributed by atoms with van der Waals surface area (Å²) in [5.41, 5.74) is 0. The van der Waals surface area contributed by atoms with Gasteiger partial charge < -0.3 is 0 Å². The Kier molecular flexibility index (Phi) is 24.0. The van der Waals surface area contributed by atoms with Gasteiger partial charge in [-0.3, -0.25) is 0 Å². The van der Waals surface area contributed by atoms with Crippen molar-refractivity contribution in [1.82, 2.24) is 0 Å². The maximum atomic E-state index is 2.56. The van der Waals surface area contributed by atoms with Crippen LogP contribution in [-0.2, 0) is 0 Å². The summed E-state index contributed by atoms with van der Waals surface area (Å²) in [4.78, 5) is 0. The Morgan fingerprint density at radius 3 is 0.840 bits per heavy atom. The van der Waals surface area contributed by atoms with Gasteiger partial charge >= 0.3 is 0 Å². The Bertz CT molecular complexity index is 186. The van der Waals surface area contributed by atoms with Gasteiger partial charge in [0.1, 0.15) is 0 Å². The predicted octanol–water partition coefficient (Wildman–Crippen LogP) is 9.81. The molecule has 0 spiro atoms. The Balaban J connectivity index is 2.94. The zero-order chi connectivity index (χ0) is 18.3. The van der Waals surface area contributed by atoms with E-state index in [0.29, 0.717) is 0 Å². The molecular weight excluding hydrogens is 300 g/mol. The van der Waals surface area contributed by atoms with Crippen LogP contribution >= 0.6 is 0 Å². The molecule has 0 aliphatic heterocycles. The molecule has 0 unspecified atom stereocenters. The molecule has 151 valence electrons. The van der Waals surface area contributed by atoms with Crippen molar-refractivity contribution in [3.63, 3.8) is 0 Å². The van der Waals surface area contributed by atoms with E-state index in [2.05, 4.69) is 20.3 Å². The first kappa shape index (κ1) is 25.0. The van der Waals surface area contributed by atoms with Gasteiger partial charge in [-0.1, -0.05) is 155 Å². The van der Waals surface area contributed by atoms with E-state index in [9.17, 15) is 0 Å². The van der Waals surface area contributed by atoms with E-state index in [-0.39, 0.29) is 0 Å². The minimum atomic E-state index is 1.37. The highest BCUT2D eigenvalue weighted by atomic mass is 14.0. The standard InChI is InChI=1S/C25H51/c1-3-5-7-9-11-13-15-17-19-21-23-25-24-22-20-18-16-14-12-10-8-6-4-2/h21H,3-20,22-25H2,1-2H3. The van der Waals surface area contributed by atoms with Crippen molar-refractivity contribution >= 4 is 0 Å². The third-order valence-electron chi connectivity index (χ3n) is 5.52. The number of unbranched alkanes of at least 4 members (excludes halogenated alkanes) is 22. The molecule has 0 rings (SSSR count). The number of rotatable bonds is 22. The fourth-order valence-electron chi connectivity index (χ4n) is 3.70. The van der Waals surface area contributed by atoms with E-state index >= 15 is 0 Å². The molecule has 0 amide bonds. The van der Waals surface area contributed by atoms with Crippen LogP contribution in [0.1, 0.15) is 155 Å². The second-order valence-corrected chi connectivity index (χ2v) is 8.23. The fourth-order valence-corrected chi connectivity index (χ4v) is 3.70. The van der Waals surface area contributed by atoms with Crippen LogP contribution in [0.2, 0.25) is 0 Å². The van der Waals surface area contributed by atoms with E-state index < -0.39 is 0 Å². The maximum Gasteiger partial charge on any atom is -0.0386 e. The van der Waals surface area contributed by atoms with E-state index in [4.69, 9.17) is 0 Å². The van der Waals surface area contributed by atoms with Crippen LogP contribution in [0.15, 0.2) is 0 Å². The second kappa shape index (κ2) is 24.0. The van der Waals surface area contributed by atoms with Gasteiger partial charge in [-0.25, -0.2) is 0 Å². The Morgan fingerprint density at radius 1 is 0.320 bits per heavy atom. The lowest BCUT2D eigenvalue weighted by molar-refractivity contribution is 0.540. The third kappa shape index (κ3) is 24.0. The van der Waals surface area contributed by atoms with Crippen LogP contribution in [-0.4, -0.2) is 0 Å². The van der Waals surface area contributed by atoms with Crippen molar-refractivity contribution in [3.05, 3.63) is 6.42 Å². The lowest BCUT2D eigenvalue weighted by Gasteiger charge is -2.04. The van der Waals surface area contributed by atoms with Crippen LogP contribution in [0.25, 0.3) is 0 Å². The molecule has 1 radical (unpaired) electrons. The monoisotopic (exact) mass is 351 g/mol. The molecule has 0 bridgehead atoms. The quantitative estimate of drug-likeness (QED) is 0.170. The predicted molar refractivity (Wildman–Crippen MR) is 117 cm³/mol. The zero-order valence-electron chi connectivity index (χ0n) is 18.1. The highest BCUT2D eigenvalue weighted by Crippen LogP contribution is 2.14. The molecule has 0 nitrogen and oxygen atoms in total. The first-order valence-corrected chi connectivity index (χ1v) is 12.2. The van der Waals surface area contributed by atoms with E-state index in [0.717, 1.165) is 0 Å². The lowest BCUT2D eigenvalue weighted by atomic mass is 10.0. The average molecular weight is 352 g/mol. The van der Waals surface area contributed by atoms with Crippen molar-refractivity contribution in [1.29, 1.82) is 0 Å². The minimum absolute atomic E-state index is 1.37. The molecule has 0 heteroatoms. The van der Waals surface area contributed by atoms with Gasteiger partial charge in [0, 0.05) is 0 Å². The summed E-state index contributed by atoms with van der Waals surface area (Å²) in [7, 11) is 0. The van der Waals surface area contributed by atoms with Gasteiger partial charge in [0.2, 0.25) is 0 Å². The minimum Gasteiger partial charge on any atom is -0.0654 e. The van der Waals surface area contributed by atoms with Crippen LogP contribution in [0.5, 0.6) is 0 Å². The smallest absolute Gasteiger partial charge is 0.0386 e. The normalized spacial score (nSPS) is 11.3. The highest BCUT2D eigenvalue weighted by Gasteiger charge is 1.95. The van der Waals surface area contributed by atoms with Crippen molar-refractivity contribution < 1.29 is 0 Å².